The molecular formula is C9H8N4O3. The highest BCUT2D eigenvalue weighted by Crippen LogP contribution is 2.25. The van der Waals surface area contributed by atoms with Crippen molar-refractivity contribution in [1.82, 2.24) is 9.66 Å². The quantitative estimate of drug-likeness (QED) is 0.625. The van der Waals surface area contributed by atoms with E-state index >= 15 is 0 Å². The van der Waals surface area contributed by atoms with E-state index in [1.54, 1.807) is 24.5 Å². The van der Waals surface area contributed by atoms with Gasteiger partial charge < -0.3 is 0 Å². The SMILES string of the molecule is O=[N+]([O-])c1ccncc1N(O)n1cccc1. The van der Waals surface area contributed by atoms with E-state index in [9.17, 15) is 15.3 Å². The second-order valence-corrected chi connectivity index (χ2v) is 2.97. The van der Waals surface area contributed by atoms with Crippen molar-refractivity contribution < 1.29 is 10.1 Å². The van der Waals surface area contributed by atoms with Gasteiger partial charge >= 0.3 is 0 Å². The monoisotopic (exact) mass is 220 g/mol. The fourth-order valence-corrected chi connectivity index (χ4v) is 1.26. The van der Waals surface area contributed by atoms with Crippen LogP contribution in [0, 0.1) is 10.1 Å². The predicted octanol–water partition coefficient (Wildman–Crippen LogP) is 1.45. The fourth-order valence-electron chi connectivity index (χ4n) is 1.26. The molecule has 1 N–H and O–H groups in total. The lowest BCUT2D eigenvalue weighted by Gasteiger charge is -2.16. The third-order valence-electron chi connectivity index (χ3n) is 2.00. The van der Waals surface area contributed by atoms with Crippen LogP contribution in [-0.4, -0.2) is 19.8 Å². The van der Waals surface area contributed by atoms with Gasteiger partial charge in [0, 0.05) is 24.7 Å². The number of hydrogen-bond acceptors (Lipinski definition) is 5. The van der Waals surface area contributed by atoms with Gasteiger partial charge in [0.15, 0.2) is 5.69 Å². The van der Waals surface area contributed by atoms with Gasteiger partial charge in [-0.2, -0.15) is 0 Å². The van der Waals surface area contributed by atoms with Crippen LogP contribution in [0.25, 0.3) is 0 Å². The molecule has 0 amide bonds. The molecule has 0 saturated carbocycles. The average Bonchev–Trinajstić information content (AvgIpc) is 2.81. The molecule has 0 radical (unpaired) electrons. The van der Waals surface area contributed by atoms with Crippen molar-refractivity contribution in [3.63, 3.8) is 0 Å². The summed E-state index contributed by atoms with van der Waals surface area (Å²) < 4.78 is 1.30. The Balaban J connectivity index is 2.44. The first kappa shape index (κ1) is 10.1. The zero-order valence-electron chi connectivity index (χ0n) is 8.09. The molecule has 0 spiro atoms. The Hall–Kier alpha value is -2.41. The van der Waals surface area contributed by atoms with Crippen molar-refractivity contribution >= 4 is 11.4 Å². The van der Waals surface area contributed by atoms with E-state index in [2.05, 4.69) is 4.98 Å². The van der Waals surface area contributed by atoms with Gasteiger partial charge in [-0.05, 0) is 12.1 Å². The van der Waals surface area contributed by atoms with Gasteiger partial charge in [-0.25, -0.2) is 4.68 Å². The minimum atomic E-state index is -0.580. The lowest BCUT2D eigenvalue weighted by molar-refractivity contribution is -0.384. The molecule has 2 heterocycles. The van der Waals surface area contributed by atoms with Gasteiger partial charge in [-0.1, -0.05) is 0 Å². The van der Waals surface area contributed by atoms with E-state index in [-0.39, 0.29) is 11.4 Å². The summed E-state index contributed by atoms with van der Waals surface area (Å²) in [6, 6.07) is 4.60. The molecule has 2 aromatic heterocycles. The first-order valence-corrected chi connectivity index (χ1v) is 4.41. The molecule has 2 rings (SSSR count). The summed E-state index contributed by atoms with van der Waals surface area (Å²) in [5.74, 6) is 0. The first-order valence-electron chi connectivity index (χ1n) is 4.41. The van der Waals surface area contributed by atoms with Gasteiger partial charge in [0.05, 0.1) is 11.1 Å². The number of hydrogen-bond donors (Lipinski definition) is 1. The molecule has 0 unspecified atom stereocenters. The van der Waals surface area contributed by atoms with Gasteiger partial charge in [-0.3, -0.25) is 20.3 Å². The van der Waals surface area contributed by atoms with Crippen molar-refractivity contribution in [3.8, 4) is 0 Å². The predicted molar refractivity (Wildman–Crippen MR) is 55.0 cm³/mol. The Morgan fingerprint density at radius 3 is 2.75 bits per heavy atom. The van der Waals surface area contributed by atoms with Gasteiger partial charge in [0.25, 0.3) is 5.69 Å². The van der Waals surface area contributed by atoms with E-state index in [1.165, 1.54) is 23.1 Å². The van der Waals surface area contributed by atoms with Crippen LogP contribution in [0.1, 0.15) is 0 Å². The minimum absolute atomic E-state index is 0.00343. The largest absolute Gasteiger partial charge is 0.300 e. The number of nitro groups is 1. The Kier molecular flexibility index (Phi) is 2.52. The number of nitrogens with zero attached hydrogens (tertiary/aromatic N) is 4. The number of pyridine rings is 1. The lowest BCUT2D eigenvalue weighted by Crippen LogP contribution is -2.24. The second-order valence-electron chi connectivity index (χ2n) is 2.97. The van der Waals surface area contributed by atoms with E-state index in [4.69, 9.17) is 0 Å². The molecule has 7 nitrogen and oxygen atoms in total. The number of rotatable bonds is 3. The Labute approximate surface area is 90.3 Å². The zero-order valence-corrected chi connectivity index (χ0v) is 8.09. The van der Waals surface area contributed by atoms with Crippen LogP contribution in [0.2, 0.25) is 0 Å². The molecule has 0 aromatic carbocycles. The molecule has 0 bridgehead atoms. The topological polar surface area (TPSA) is 84.4 Å². The molecular weight excluding hydrogens is 212 g/mol. The number of aromatic nitrogens is 2. The summed E-state index contributed by atoms with van der Waals surface area (Å²) in [5, 5.41) is 21.1. The zero-order chi connectivity index (χ0) is 11.5. The average molecular weight is 220 g/mol. The van der Waals surface area contributed by atoms with Crippen LogP contribution in [0.3, 0.4) is 0 Å². The highest BCUT2D eigenvalue weighted by atomic mass is 16.6. The maximum atomic E-state index is 10.7. The van der Waals surface area contributed by atoms with Crippen LogP contribution >= 0.6 is 0 Å². The summed E-state index contributed by atoms with van der Waals surface area (Å²) in [5.41, 5.74) is -0.213. The Morgan fingerprint density at radius 1 is 1.44 bits per heavy atom. The molecule has 2 aromatic rings. The summed E-state index contributed by atoms with van der Waals surface area (Å²) in [4.78, 5) is 13.9. The maximum Gasteiger partial charge on any atom is 0.300 e. The van der Waals surface area contributed by atoms with Crippen LogP contribution in [0.5, 0.6) is 0 Å². The van der Waals surface area contributed by atoms with Crippen molar-refractivity contribution in [1.29, 1.82) is 0 Å². The maximum absolute atomic E-state index is 10.7. The highest BCUT2D eigenvalue weighted by Gasteiger charge is 2.18. The third kappa shape index (κ3) is 1.71. The van der Waals surface area contributed by atoms with E-state index in [1.807, 2.05) is 0 Å². The van der Waals surface area contributed by atoms with Crippen LogP contribution in [0.4, 0.5) is 11.4 Å². The smallest absolute Gasteiger partial charge is 0.268 e. The molecule has 0 fully saturated rings. The molecule has 0 aliphatic heterocycles. The number of anilines is 1. The van der Waals surface area contributed by atoms with E-state index in [0.717, 1.165) is 0 Å². The van der Waals surface area contributed by atoms with Gasteiger partial charge in [-0.15, -0.1) is 5.17 Å². The normalized spacial score (nSPS) is 10.1. The van der Waals surface area contributed by atoms with Crippen molar-refractivity contribution in [2.75, 3.05) is 5.17 Å². The van der Waals surface area contributed by atoms with Crippen molar-refractivity contribution in [3.05, 3.63) is 53.1 Å². The van der Waals surface area contributed by atoms with Gasteiger partial charge in [0.2, 0.25) is 0 Å². The molecule has 0 saturated heterocycles. The van der Waals surface area contributed by atoms with Crippen molar-refractivity contribution in [2.45, 2.75) is 0 Å². The highest BCUT2D eigenvalue weighted by molar-refractivity contribution is 5.59. The van der Waals surface area contributed by atoms with Gasteiger partial charge in [0.1, 0.15) is 0 Å². The molecule has 0 aliphatic rings. The van der Waals surface area contributed by atoms with E-state index < -0.39 is 4.92 Å². The molecule has 7 heteroatoms. The van der Waals surface area contributed by atoms with Crippen LogP contribution in [-0.2, 0) is 0 Å². The van der Waals surface area contributed by atoms with E-state index in [0.29, 0.717) is 5.17 Å². The summed E-state index contributed by atoms with van der Waals surface area (Å²) in [6.07, 6.45) is 5.62. The first-order chi connectivity index (χ1) is 7.70. The standard InChI is InChI=1S/C9H8N4O3/c14-12(11-5-1-2-6-11)9-7-10-4-3-8(9)13(15)16/h1-7,14H. The Bertz CT molecular complexity index is 497. The summed E-state index contributed by atoms with van der Waals surface area (Å²) >= 11 is 0. The molecule has 16 heavy (non-hydrogen) atoms. The molecule has 82 valence electrons. The second kappa shape index (κ2) is 3.99. The summed E-state index contributed by atoms with van der Waals surface area (Å²) in [7, 11) is 0. The lowest BCUT2D eigenvalue weighted by atomic mass is 10.3. The Morgan fingerprint density at radius 2 is 2.12 bits per heavy atom. The fraction of sp³-hybridized carbons (Fsp3) is 0. The third-order valence-corrected chi connectivity index (χ3v) is 2.00. The van der Waals surface area contributed by atoms with Crippen LogP contribution < -0.4 is 5.17 Å². The molecule has 0 aliphatic carbocycles. The summed E-state index contributed by atoms with van der Waals surface area (Å²) in [6.45, 7) is 0. The van der Waals surface area contributed by atoms with Crippen LogP contribution in [0.15, 0.2) is 43.0 Å². The minimum Gasteiger partial charge on any atom is -0.268 e. The molecule has 0 atom stereocenters. The van der Waals surface area contributed by atoms with Crippen molar-refractivity contribution in [2.24, 2.45) is 0 Å².